The van der Waals surface area contributed by atoms with Crippen molar-refractivity contribution in [3.63, 3.8) is 0 Å². The van der Waals surface area contributed by atoms with Crippen LogP contribution in [-0.4, -0.2) is 6.17 Å². The number of hydrogen-bond acceptors (Lipinski definition) is 0. The highest BCUT2D eigenvalue weighted by Crippen LogP contribution is 2.56. The van der Waals surface area contributed by atoms with E-state index in [1.165, 1.54) is 19.3 Å². The molecule has 2 saturated carbocycles. The molecule has 0 heterocycles. The highest BCUT2D eigenvalue weighted by atomic mass is 19.1. The summed E-state index contributed by atoms with van der Waals surface area (Å²) in [6.07, 6.45) is 5.31. The molecule has 0 radical (unpaired) electrons. The van der Waals surface area contributed by atoms with Gasteiger partial charge in [0.1, 0.15) is 6.17 Å². The molecule has 0 aliphatic heterocycles. The SMILES string of the molecule is FC1CC2(CCC2)C1. The van der Waals surface area contributed by atoms with Crippen molar-refractivity contribution in [3.8, 4) is 0 Å². The molecule has 0 unspecified atom stereocenters. The molecule has 2 aliphatic carbocycles. The number of alkyl halides is 1. The molecule has 0 atom stereocenters. The molecule has 0 aromatic rings. The minimum absolute atomic E-state index is 0.435. The Labute approximate surface area is 49.1 Å². The minimum Gasteiger partial charge on any atom is -0.247 e. The normalized spacial score (nSPS) is 34.1. The van der Waals surface area contributed by atoms with Crippen LogP contribution in [0.15, 0.2) is 0 Å². The fourth-order valence-corrected chi connectivity index (χ4v) is 1.96. The molecule has 0 aromatic carbocycles. The predicted molar refractivity (Wildman–Crippen MR) is 30.4 cm³/mol. The van der Waals surface area contributed by atoms with Crippen LogP contribution in [0.5, 0.6) is 0 Å². The van der Waals surface area contributed by atoms with Gasteiger partial charge in [0.2, 0.25) is 0 Å². The van der Waals surface area contributed by atoms with Gasteiger partial charge in [0.25, 0.3) is 0 Å². The van der Waals surface area contributed by atoms with Gasteiger partial charge >= 0.3 is 0 Å². The molecule has 46 valence electrons. The van der Waals surface area contributed by atoms with Gasteiger partial charge in [-0.25, -0.2) is 4.39 Å². The van der Waals surface area contributed by atoms with Crippen molar-refractivity contribution >= 4 is 0 Å². The Hall–Kier alpha value is -0.0700. The lowest BCUT2D eigenvalue weighted by Crippen LogP contribution is -2.43. The second kappa shape index (κ2) is 1.26. The number of rotatable bonds is 0. The van der Waals surface area contributed by atoms with E-state index in [4.69, 9.17) is 0 Å². The highest BCUT2D eigenvalue weighted by Gasteiger charge is 2.48. The largest absolute Gasteiger partial charge is 0.247 e. The van der Waals surface area contributed by atoms with Gasteiger partial charge in [0.05, 0.1) is 0 Å². The zero-order chi connectivity index (χ0) is 5.61. The first-order valence-corrected chi connectivity index (χ1v) is 3.45. The molecule has 2 aliphatic rings. The second-order valence-corrected chi connectivity index (χ2v) is 3.36. The third-order valence-electron chi connectivity index (χ3n) is 2.72. The van der Waals surface area contributed by atoms with Gasteiger partial charge in [-0.05, 0) is 31.1 Å². The lowest BCUT2D eigenvalue weighted by Gasteiger charge is -2.51. The average molecular weight is 114 g/mol. The van der Waals surface area contributed by atoms with E-state index >= 15 is 0 Å². The molecule has 2 rings (SSSR count). The minimum atomic E-state index is -0.435. The topological polar surface area (TPSA) is 0 Å². The molecular formula is C7H11F. The van der Waals surface area contributed by atoms with Crippen molar-refractivity contribution in [1.29, 1.82) is 0 Å². The lowest BCUT2D eigenvalue weighted by atomic mass is 9.55. The van der Waals surface area contributed by atoms with Crippen LogP contribution in [-0.2, 0) is 0 Å². The maximum Gasteiger partial charge on any atom is 0.101 e. The average Bonchev–Trinajstić information content (AvgIpc) is 1.51. The summed E-state index contributed by atoms with van der Waals surface area (Å²) in [6, 6.07) is 0. The Morgan fingerprint density at radius 1 is 1.25 bits per heavy atom. The van der Waals surface area contributed by atoms with Gasteiger partial charge < -0.3 is 0 Å². The highest BCUT2D eigenvalue weighted by molar-refractivity contribution is 4.99. The lowest BCUT2D eigenvalue weighted by molar-refractivity contribution is -0.0404. The molecule has 2 fully saturated rings. The molecular weight excluding hydrogens is 103 g/mol. The van der Waals surface area contributed by atoms with E-state index in [0.717, 1.165) is 12.8 Å². The van der Waals surface area contributed by atoms with Gasteiger partial charge in [-0.2, -0.15) is 0 Å². The van der Waals surface area contributed by atoms with Crippen molar-refractivity contribution < 1.29 is 4.39 Å². The fourth-order valence-electron chi connectivity index (χ4n) is 1.96. The van der Waals surface area contributed by atoms with E-state index in [9.17, 15) is 4.39 Å². The van der Waals surface area contributed by atoms with Crippen molar-refractivity contribution in [2.24, 2.45) is 5.41 Å². The van der Waals surface area contributed by atoms with Gasteiger partial charge in [-0.15, -0.1) is 0 Å². The first-order chi connectivity index (χ1) is 3.81. The summed E-state index contributed by atoms with van der Waals surface area (Å²) in [6.45, 7) is 0. The van der Waals surface area contributed by atoms with Crippen molar-refractivity contribution in [1.82, 2.24) is 0 Å². The first kappa shape index (κ1) is 4.78. The summed E-state index contributed by atoms with van der Waals surface area (Å²) in [5.74, 6) is 0. The Morgan fingerprint density at radius 2 is 1.88 bits per heavy atom. The zero-order valence-corrected chi connectivity index (χ0v) is 4.99. The van der Waals surface area contributed by atoms with Crippen LogP contribution >= 0.6 is 0 Å². The van der Waals surface area contributed by atoms with Crippen LogP contribution in [0.3, 0.4) is 0 Å². The Kier molecular flexibility index (Phi) is 0.750. The molecule has 0 amide bonds. The van der Waals surface area contributed by atoms with E-state index in [1.54, 1.807) is 0 Å². The van der Waals surface area contributed by atoms with Crippen LogP contribution in [0, 0.1) is 5.41 Å². The van der Waals surface area contributed by atoms with E-state index in [0.29, 0.717) is 5.41 Å². The molecule has 0 bridgehead atoms. The van der Waals surface area contributed by atoms with E-state index in [1.807, 2.05) is 0 Å². The van der Waals surface area contributed by atoms with Crippen molar-refractivity contribution in [3.05, 3.63) is 0 Å². The van der Waals surface area contributed by atoms with E-state index in [2.05, 4.69) is 0 Å². The molecule has 0 aromatic heterocycles. The van der Waals surface area contributed by atoms with Crippen LogP contribution in [0.4, 0.5) is 4.39 Å². The van der Waals surface area contributed by atoms with Crippen molar-refractivity contribution in [2.45, 2.75) is 38.3 Å². The van der Waals surface area contributed by atoms with Gasteiger partial charge in [0.15, 0.2) is 0 Å². The third kappa shape index (κ3) is 0.448. The third-order valence-corrected chi connectivity index (χ3v) is 2.72. The fraction of sp³-hybridized carbons (Fsp3) is 1.00. The van der Waals surface area contributed by atoms with Crippen LogP contribution in [0.2, 0.25) is 0 Å². The smallest absolute Gasteiger partial charge is 0.101 e. The van der Waals surface area contributed by atoms with Crippen molar-refractivity contribution in [2.75, 3.05) is 0 Å². The van der Waals surface area contributed by atoms with Gasteiger partial charge in [-0.1, -0.05) is 6.42 Å². The van der Waals surface area contributed by atoms with Gasteiger partial charge in [-0.3, -0.25) is 0 Å². The standard InChI is InChI=1S/C7H11F/c8-6-4-7(5-6)2-1-3-7/h6H,1-5H2. The summed E-state index contributed by atoms with van der Waals surface area (Å²) in [5, 5.41) is 0. The molecule has 0 N–H and O–H groups in total. The van der Waals surface area contributed by atoms with E-state index in [-0.39, 0.29) is 0 Å². The van der Waals surface area contributed by atoms with Crippen LogP contribution < -0.4 is 0 Å². The Bertz CT molecular complexity index is 97.0. The molecule has 1 spiro atoms. The zero-order valence-electron chi connectivity index (χ0n) is 4.99. The monoisotopic (exact) mass is 114 g/mol. The summed E-state index contributed by atoms with van der Waals surface area (Å²) in [4.78, 5) is 0. The Balaban J connectivity index is 1.92. The molecule has 0 nitrogen and oxygen atoms in total. The van der Waals surface area contributed by atoms with Crippen LogP contribution in [0.1, 0.15) is 32.1 Å². The van der Waals surface area contributed by atoms with Gasteiger partial charge in [0, 0.05) is 0 Å². The molecule has 0 saturated heterocycles. The summed E-state index contributed by atoms with van der Waals surface area (Å²) in [7, 11) is 0. The first-order valence-electron chi connectivity index (χ1n) is 3.45. The molecule has 1 heteroatoms. The van der Waals surface area contributed by atoms with Crippen LogP contribution in [0.25, 0.3) is 0 Å². The maximum atomic E-state index is 12.2. The second-order valence-electron chi connectivity index (χ2n) is 3.36. The maximum absolute atomic E-state index is 12.2. The Morgan fingerprint density at radius 3 is 2.00 bits per heavy atom. The number of halogens is 1. The van der Waals surface area contributed by atoms with E-state index < -0.39 is 6.17 Å². The summed E-state index contributed by atoms with van der Waals surface area (Å²) < 4.78 is 12.2. The summed E-state index contributed by atoms with van der Waals surface area (Å²) in [5.41, 5.74) is 0.541. The predicted octanol–water partition coefficient (Wildman–Crippen LogP) is 2.29. The quantitative estimate of drug-likeness (QED) is 0.453. The number of hydrogen-bond donors (Lipinski definition) is 0. The molecule has 8 heavy (non-hydrogen) atoms. The summed E-state index contributed by atoms with van der Waals surface area (Å²) >= 11 is 0.